The number of hydrogen-bond acceptors (Lipinski definition) is 1. The van der Waals surface area contributed by atoms with E-state index < -0.39 is 0 Å². The summed E-state index contributed by atoms with van der Waals surface area (Å²) in [6, 6.07) is 12.4. The van der Waals surface area contributed by atoms with Crippen LogP contribution >= 0.6 is 15.9 Å². The Labute approximate surface area is 115 Å². The zero-order valence-electron chi connectivity index (χ0n) is 10.1. The minimum atomic E-state index is -0.205. The van der Waals surface area contributed by atoms with Crippen molar-refractivity contribution in [3.63, 3.8) is 0 Å². The third-order valence-corrected chi connectivity index (χ3v) is 3.19. The van der Waals surface area contributed by atoms with Gasteiger partial charge < -0.3 is 4.74 Å². The van der Waals surface area contributed by atoms with E-state index in [1.54, 1.807) is 12.1 Å². The maximum Gasteiger partial charge on any atom is 0.123 e. The van der Waals surface area contributed by atoms with E-state index in [0.717, 1.165) is 27.8 Å². The third-order valence-electron chi connectivity index (χ3n) is 2.70. The molecule has 0 amide bonds. The minimum Gasteiger partial charge on any atom is -0.493 e. The molecule has 1 nitrogen and oxygen atoms in total. The Morgan fingerprint density at radius 1 is 1.11 bits per heavy atom. The molecule has 0 aliphatic carbocycles. The summed E-state index contributed by atoms with van der Waals surface area (Å²) in [5.41, 5.74) is 2.18. The molecule has 2 rings (SSSR count). The Hall–Kier alpha value is -1.35. The fourth-order valence-corrected chi connectivity index (χ4v) is 2.18. The largest absolute Gasteiger partial charge is 0.493 e. The van der Waals surface area contributed by atoms with Gasteiger partial charge in [0.2, 0.25) is 0 Å². The highest BCUT2D eigenvalue weighted by atomic mass is 79.9. The highest BCUT2D eigenvalue weighted by Crippen LogP contribution is 2.22. The van der Waals surface area contributed by atoms with Crippen LogP contribution in [0.15, 0.2) is 46.9 Å². The van der Waals surface area contributed by atoms with Crippen LogP contribution in [0.1, 0.15) is 11.1 Å². The molecule has 2 aromatic rings. The summed E-state index contributed by atoms with van der Waals surface area (Å²) >= 11 is 3.42. The number of benzene rings is 2. The molecule has 0 atom stereocenters. The van der Waals surface area contributed by atoms with Crippen molar-refractivity contribution >= 4 is 15.9 Å². The highest BCUT2D eigenvalue weighted by molar-refractivity contribution is 9.10. The van der Waals surface area contributed by atoms with Gasteiger partial charge in [-0.05, 0) is 48.4 Å². The molecule has 94 valence electrons. The van der Waals surface area contributed by atoms with E-state index in [0.29, 0.717) is 6.61 Å². The number of ether oxygens (including phenoxy) is 1. The number of rotatable bonds is 4. The van der Waals surface area contributed by atoms with Gasteiger partial charge in [0.1, 0.15) is 11.6 Å². The predicted octanol–water partition coefficient (Wildman–Crippen LogP) is 4.52. The zero-order chi connectivity index (χ0) is 13.0. The molecule has 0 saturated carbocycles. The SMILES string of the molecule is Cc1cc(Br)ccc1OCCc1ccc(F)cc1. The van der Waals surface area contributed by atoms with E-state index in [1.165, 1.54) is 12.1 Å². The van der Waals surface area contributed by atoms with E-state index in [4.69, 9.17) is 4.74 Å². The maximum atomic E-state index is 12.7. The quantitative estimate of drug-likeness (QED) is 0.807. The molecule has 0 bridgehead atoms. The van der Waals surface area contributed by atoms with E-state index in [2.05, 4.69) is 15.9 Å². The lowest BCUT2D eigenvalue weighted by atomic mass is 10.1. The van der Waals surface area contributed by atoms with Crippen LogP contribution in [0.4, 0.5) is 4.39 Å². The monoisotopic (exact) mass is 308 g/mol. The van der Waals surface area contributed by atoms with Gasteiger partial charge in [-0.1, -0.05) is 28.1 Å². The van der Waals surface area contributed by atoms with Crippen molar-refractivity contribution in [2.45, 2.75) is 13.3 Å². The molecule has 3 heteroatoms. The third kappa shape index (κ3) is 3.57. The summed E-state index contributed by atoms with van der Waals surface area (Å²) in [5, 5.41) is 0. The first-order chi connectivity index (χ1) is 8.65. The Morgan fingerprint density at radius 2 is 1.83 bits per heavy atom. The van der Waals surface area contributed by atoms with Gasteiger partial charge in [0.25, 0.3) is 0 Å². The molecule has 0 radical (unpaired) electrons. The highest BCUT2D eigenvalue weighted by Gasteiger charge is 2.00. The summed E-state index contributed by atoms with van der Waals surface area (Å²) in [7, 11) is 0. The van der Waals surface area contributed by atoms with Crippen molar-refractivity contribution in [3.05, 3.63) is 63.9 Å². The summed E-state index contributed by atoms with van der Waals surface area (Å²) in [5.74, 6) is 0.684. The van der Waals surface area contributed by atoms with Gasteiger partial charge in [0, 0.05) is 10.9 Å². The lowest BCUT2D eigenvalue weighted by Crippen LogP contribution is -2.02. The van der Waals surface area contributed by atoms with Gasteiger partial charge in [-0.3, -0.25) is 0 Å². The molecule has 0 aliphatic rings. The summed E-state index contributed by atoms with van der Waals surface area (Å²) in [4.78, 5) is 0. The Morgan fingerprint density at radius 3 is 2.50 bits per heavy atom. The number of hydrogen-bond donors (Lipinski definition) is 0. The average Bonchev–Trinajstić information content (AvgIpc) is 2.34. The maximum absolute atomic E-state index is 12.7. The average molecular weight is 309 g/mol. The van der Waals surface area contributed by atoms with Crippen molar-refractivity contribution < 1.29 is 9.13 Å². The molecular formula is C15H14BrFO. The van der Waals surface area contributed by atoms with Gasteiger partial charge in [-0.2, -0.15) is 0 Å². The van der Waals surface area contributed by atoms with Gasteiger partial charge in [0.05, 0.1) is 6.61 Å². The molecule has 0 aromatic heterocycles. The van der Waals surface area contributed by atoms with Gasteiger partial charge in [-0.15, -0.1) is 0 Å². The van der Waals surface area contributed by atoms with Crippen LogP contribution in [0.2, 0.25) is 0 Å². The second kappa shape index (κ2) is 6.01. The molecule has 0 unspecified atom stereocenters. The Balaban J connectivity index is 1.90. The first-order valence-electron chi connectivity index (χ1n) is 5.78. The normalized spacial score (nSPS) is 10.4. The van der Waals surface area contributed by atoms with Crippen LogP contribution in [0, 0.1) is 12.7 Å². The van der Waals surface area contributed by atoms with Crippen LogP contribution in [-0.2, 0) is 6.42 Å². The second-order valence-electron chi connectivity index (χ2n) is 4.13. The van der Waals surface area contributed by atoms with E-state index in [9.17, 15) is 4.39 Å². The van der Waals surface area contributed by atoms with Crippen molar-refractivity contribution in [2.24, 2.45) is 0 Å². The van der Waals surface area contributed by atoms with Crippen LogP contribution in [0.25, 0.3) is 0 Å². The van der Waals surface area contributed by atoms with Crippen molar-refractivity contribution in [3.8, 4) is 5.75 Å². The summed E-state index contributed by atoms with van der Waals surface area (Å²) in [6.45, 7) is 2.60. The lowest BCUT2D eigenvalue weighted by Gasteiger charge is -2.09. The fraction of sp³-hybridized carbons (Fsp3) is 0.200. The molecule has 0 saturated heterocycles. The molecule has 2 aromatic carbocycles. The van der Waals surface area contributed by atoms with Crippen LogP contribution in [-0.4, -0.2) is 6.61 Å². The smallest absolute Gasteiger partial charge is 0.123 e. The Kier molecular flexibility index (Phi) is 4.37. The van der Waals surface area contributed by atoms with E-state index in [1.807, 2.05) is 25.1 Å². The standard InChI is InChI=1S/C15H14BrFO/c1-11-10-13(16)4-7-15(11)18-9-8-12-2-5-14(17)6-3-12/h2-7,10H,8-9H2,1H3. The predicted molar refractivity (Wildman–Crippen MR) is 74.5 cm³/mol. The molecule has 0 spiro atoms. The van der Waals surface area contributed by atoms with E-state index >= 15 is 0 Å². The topological polar surface area (TPSA) is 9.23 Å². The Bertz CT molecular complexity index is 523. The van der Waals surface area contributed by atoms with Crippen molar-refractivity contribution in [1.29, 1.82) is 0 Å². The van der Waals surface area contributed by atoms with Crippen LogP contribution < -0.4 is 4.74 Å². The summed E-state index contributed by atoms with van der Waals surface area (Å²) in [6.07, 6.45) is 0.774. The molecule has 18 heavy (non-hydrogen) atoms. The van der Waals surface area contributed by atoms with Crippen LogP contribution in [0.5, 0.6) is 5.75 Å². The fourth-order valence-electron chi connectivity index (χ4n) is 1.70. The van der Waals surface area contributed by atoms with Gasteiger partial charge in [0.15, 0.2) is 0 Å². The molecule has 0 N–H and O–H groups in total. The molecular weight excluding hydrogens is 295 g/mol. The second-order valence-corrected chi connectivity index (χ2v) is 5.05. The molecule has 0 aliphatic heterocycles. The van der Waals surface area contributed by atoms with Crippen molar-refractivity contribution in [1.82, 2.24) is 0 Å². The zero-order valence-corrected chi connectivity index (χ0v) is 11.7. The number of aryl methyl sites for hydroxylation is 1. The molecule has 0 heterocycles. The lowest BCUT2D eigenvalue weighted by molar-refractivity contribution is 0.319. The van der Waals surface area contributed by atoms with Gasteiger partial charge >= 0.3 is 0 Å². The first kappa shape index (κ1) is 13.1. The van der Waals surface area contributed by atoms with E-state index in [-0.39, 0.29) is 5.82 Å². The van der Waals surface area contributed by atoms with Crippen molar-refractivity contribution in [2.75, 3.05) is 6.61 Å². The van der Waals surface area contributed by atoms with Crippen LogP contribution in [0.3, 0.4) is 0 Å². The number of halogens is 2. The first-order valence-corrected chi connectivity index (χ1v) is 6.58. The minimum absolute atomic E-state index is 0.205. The van der Waals surface area contributed by atoms with Gasteiger partial charge in [-0.25, -0.2) is 4.39 Å². The summed E-state index contributed by atoms with van der Waals surface area (Å²) < 4.78 is 19.5. The molecule has 0 fully saturated rings.